The van der Waals surface area contributed by atoms with Crippen LogP contribution in [0.1, 0.15) is 35.6 Å². The van der Waals surface area contributed by atoms with E-state index in [9.17, 15) is 0 Å². The lowest BCUT2D eigenvalue weighted by Gasteiger charge is -2.17. The second kappa shape index (κ2) is 10.8. The van der Waals surface area contributed by atoms with Crippen LogP contribution < -0.4 is 10.6 Å². The maximum absolute atomic E-state index is 6.40. The molecule has 228 valence electrons. The van der Waals surface area contributed by atoms with Crippen molar-refractivity contribution in [3.63, 3.8) is 0 Å². The molecule has 48 heavy (non-hydrogen) atoms. The average Bonchev–Trinajstić information content (AvgIpc) is 3.70. The minimum absolute atomic E-state index is 0.251. The molecule has 0 radical (unpaired) electrons. The first kappa shape index (κ1) is 27.1. The summed E-state index contributed by atoms with van der Waals surface area (Å²) in [6.07, 6.45) is 12.6. The van der Waals surface area contributed by atoms with Gasteiger partial charge in [0.1, 0.15) is 11.2 Å². The van der Waals surface area contributed by atoms with E-state index in [1.165, 1.54) is 33.1 Å². The third-order valence-corrected chi connectivity index (χ3v) is 10.0. The lowest BCUT2D eigenvalue weighted by atomic mass is 9.89. The van der Waals surface area contributed by atoms with Crippen LogP contribution in [0.25, 0.3) is 79.4 Å². The molecule has 5 aromatic carbocycles. The highest BCUT2D eigenvalue weighted by Gasteiger charge is 2.22. The molecule has 3 heterocycles. The topological polar surface area (TPSA) is 43.9 Å². The van der Waals surface area contributed by atoms with E-state index in [2.05, 4.69) is 132 Å². The lowest BCUT2D eigenvalue weighted by Crippen LogP contribution is -2.32. The zero-order valence-corrected chi connectivity index (χ0v) is 26.3. The Balaban J connectivity index is 1.14. The molecule has 0 spiro atoms. The Labute approximate surface area is 277 Å². The molecule has 1 unspecified atom stereocenters. The van der Waals surface area contributed by atoms with E-state index in [0.717, 1.165) is 68.9 Å². The van der Waals surface area contributed by atoms with Crippen LogP contribution in [0.3, 0.4) is 0 Å². The fraction of sp³-hybridized carbons (Fsp3) is 0.0909. The third kappa shape index (κ3) is 4.22. The van der Waals surface area contributed by atoms with Crippen molar-refractivity contribution in [3.8, 4) is 28.3 Å². The number of benzene rings is 5. The lowest BCUT2D eigenvalue weighted by molar-refractivity contribution is 0.669. The second-order valence-corrected chi connectivity index (χ2v) is 12.8. The summed E-state index contributed by atoms with van der Waals surface area (Å²) in [5, 5.41) is 5.89. The van der Waals surface area contributed by atoms with Crippen LogP contribution >= 0.6 is 0 Å². The summed E-state index contributed by atoms with van der Waals surface area (Å²) >= 11 is 0. The average molecular weight is 618 g/mol. The highest BCUT2D eigenvalue weighted by atomic mass is 16.3. The Morgan fingerprint density at radius 3 is 2.44 bits per heavy atom. The number of hydrogen-bond donors (Lipinski definition) is 0. The van der Waals surface area contributed by atoms with Gasteiger partial charge < -0.3 is 8.98 Å². The molecule has 3 aromatic heterocycles. The first-order valence-corrected chi connectivity index (χ1v) is 16.8. The summed E-state index contributed by atoms with van der Waals surface area (Å²) in [4.78, 5) is 10.4. The van der Waals surface area contributed by atoms with Gasteiger partial charge in [-0.2, -0.15) is 0 Å². The molecule has 0 fully saturated rings. The van der Waals surface area contributed by atoms with Gasteiger partial charge in [-0.05, 0) is 61.2 Å². The van der Waals surface area contributed by atoms with Gasteiger partial charge in [-0.1, -0.05) is 109 Å². The number of furan rings is 1. The predicted octanol–water partition coefficient (Wildman–Crippen LogP) is 9.36. The summed E-state index contributed by atoms with van der Waals surface area (Å²) in [7, 11) is 0. The van der Waals surface area contributed by atoms with E-state index >= 15 is 0 Å². The van der Waals surface area contributed by atoms with Crippen molar-refractivity contribution < 1.29 is 4.42 Å². The quantitative estimate of drug-likeness (QED) is 0.198. The molecule has 4 heteroatoms. The van der Waals surface area contributed by atoms with Gasteiger partial charge in [0, 0.05) is 55.2 Å². The summed E-state index contributed by atoms with van der Waals surface area (Å²) in [6, 6.07) is 42.4. The molecule has 0 saturated carbocycles. The number of aromatic nitrogens is 3. The number of rotatable bonds is 4. The molecule has 0 N–H and O–H groups in total. The first-order chi connectivity index (χ1) is 23.8. The third-order valence-electron chi connectivity index (χ3n) is 10.0. The van der Waals surface area contributed by atoms with Gasteiger partial charge in [0.15, 0.2) is 5.82 Å². The van der Waals surface area contributed by atoms with Crippen LogP contribution in [-0.2, 0) is 6.42 Å². The normalized spacial score (nSPS) is 15.3. The molecule has 10 rings (SSSR count). The Morgan fingerprint density at radius 1 is 0.729 bits per heavy atom. The molecule has 0 aliphatic heterocycles. The zero-order chi connectivity index (χ0) is 31.6. The van der Waals surface area contributed by atoms with Crippen LogP contribution in [0.5, 0.6) is 0 Å². The number of hydrogen-bond acceptors (Lipinski definition) is 3. The van der Waals surface area contributed by atoms with Crippen molar-refractivity contribution >= 4 is 51.1 Å². The van der Waals surface area contributed by atoms with E-state index < -0.39 is 0 Å². The minimum atomic E-state index is 0.251. The fourth-order valence-electron chi connectivity index (χ4n) is 7.76. The van der Waals surface area contributed by atoms with E-state index in [0.29, 0.717) is 5.82 Å². The smallest absolute Gasteiger partial charge is 0.164 e. The van der Waals surface area contributed by atoms with Gasteiger partial charge >= 0.3 is 0 Å². The van der Waals surface area contributed by atoms with E-state index in [1.807, 2.05) is 18.2 Å². The van der Waals surface area contributed by atoms with Gasteiger partial charge in [-0.25, -0.2) is 9.97 Å². The summed E-state index contributed by atoms with van der Waals surface area (Å²) < 4.78 is 8.88. The van der Waals surface area contributed by atoms with Crippen LogP contribution in [0.4, 0.5) is 0 Å². The van der Waals surface area contributed by atoms with Gasteiger partial charge in [0.05, 0.1) is 16.8 Å². The molecule has 0 saturated heterocycles. The van der Waals surface area contributed by atoms with Crippen molar-refractivity contribution in [3.05, 3.63) is 155 Å². The molecule has 4 nitrogen and oxygen atoms in total. The van der Waals surface area contributed by atoms with Crippen molar-refractivity contribution in [2.24, 2.45) is 0 Å². The molecule has 2 aliphatic rings. The van der Waals surface area contributed by atoms with Crippen LogP contribution in [0.2, 0.25) is 0 Å². The van der Waals surface area contributed by atoms with Crippen LogP contribution in [-0.4, -0.2) is 14.5 Å². The SMILES string of the molecule is C1=Cc2c(n(-c3ccccc3)c3c2=CC(c2ccc4nc(-c5cccc6c5oc5ccccc56)nc(-c5ccccc5)c4c2)CC=3)CC1. The number of para-hydroxylation sites is 3. The zero-order valence-electron chi connectivity index (χ0n) is 26.3. The van der Waals surface area contributed by atoms with Crippen molar-refractivity contribution in [2.75, 3.05) is 0 Å². The molecular weight excluding hydrogens is 587 g/mol. The summed E-state index contributed by atoms with van der Waals surface area (Å²) in [6.45, 7) is 0. The van der Waals surface area contributed by atoms with Crippen LogP contribution in [0, 0.1) is 0 Å². The number of fused-ring (bicyclic) bond motifs is 7. The van der Waals surface area contributed by atoms with Gasteiger partial charge in [-0.15, -0.1) is 0 Å². The molecule has 1 atom stereocenters. The minimum Gasteiger partial charge on any atom is -0.455 e. The maximum atomic E-state index is 6.40. The van der Waals surface area contributed by atoms with E-state index in [4.69, 9.17) is 14.4 Å². The fourth-order valence-corrected chi connectivity index (χ4v) is 7.76. The Hall–Kier alpha value is -6.00. The Morgan fingerprint density at radius 2 is 1.54 bits per heavy atom. The van der Waals surface area contributed by atoms with Crippen LogP contribution in [0.15, 0.2) is 132 Å². The summed E-state index contributed by atoms with van der Waals surface area (Å²) in [5.74, 6) is 0.919. The molecule has 2 aliphatic carbocycles. The van der Waals surface area contributed by atoms with Crippen molar-refractivity contribution in [1.82, 2.24) is 14.5 Å². The highest BCUT2D eigenvalue weighted by Crippen LogP contribution is 2.38. The van der Waals surface area contributed by atoms with Crippen molar-refractivity contribution in [1.29, 1.82) is 0 Å². The standard InChI is InChI=1S/C44H31N3O/c1-3-12-28(13-4-1)42-37-27-29(30-23-25-40-36(26-30)32-16-7-9-20-39(32)47(40)31-14-5-2-6-15-31)22-24-38(37)45-44(46-42)35-19-11-18-34-33-17-8-10-21-41(33)48-43(34)35/h1-8,10-19,21-22,24-27,30H,9,20,23H2. The van der Waals surface area contributed by atoms with Gasteiger partial charge in [0.2, 0.25) is 0 Å². The predicted molar refractivity (Wildman–Crippen MR) is 196 cm³/mol. The first-order valence-electron chi connectivity index (χ1n) is 16.8. The van der Waals surface area contributed by atoms with Crippen molar-refractivity contribution in [2.45, 2.75) is 25.2 Å². The molecule has 0 bridgehead atoms. The van der Waals surface area contributed by atoms with Gasteiger partial charge in [0.25, 0.3) is 0 Å². The largest absolute Gasteiger partial charge is 0.455 e. The molecular formula is C44H31N3O. The second-order valence-electron chi connectivity index (χ2n) is 12.8. The van der Waals surface area contributed by atoms with Gasteiger partial charge in [-0.3, -0.25) is 0 Å². The highest BCUT2D eigenvalue weighted by molar-refractivity contribution is 6.09. The molecule has 8 aromatic rings. The van der Waals surface area contributed by atoms with E-state index in [-0.39, 0.29) is 5.92 Å². The summed E-state index contributed by atoms with van der Waals surface area (Å²) in [5.41, 5.74) is 10.8. The number of allylic oxidation sites excluding steroid dienone is 1. The Bertz CT molecular complexity index is 2700. The number of nitrogens with zero attached hydrogens (tertiary/aromatic N) is 3. The monoisotopic (exact) mass is 617 g/mol. The van der Waals surface area contributed by atoms with E-state index in [1.54, 1.807) is 0 Å². The molecule has 0 amide bonds. The Kier molecular flexibility index (Phi) is 6.10. The maximum Gasteiger partial charge on any atom is 0.164 e.